The van der Waals surface area contributed by atoms with Gasteiger partial charge in [0.05, 0.1) is 40.0 Å². The molecule has 4 heterocycles. The van der Waals surface area contributed by atoms with Crippen molar-refractivity contribution in [3.05, 3.63) is 18.2 Å². The molecule has 4 aliphatic rings. The Kier molecular flexibility index (Phi) is 5.80. The third-order valence-electron chi connectivity index (χ3n) is 6.19. The molecule has 4 fully saturated rings. The second-order valence-corrected chi connectivity index (χ2v) is 9.85. The molecular weight excluding hydrogens is 396 g/mol. The lowest BCUT2D eigenvalue weighted by atomic mass is 10.1. The predicted molar refractivity (Wildman–Crippen MR) is 107 cm³/mol. The number of hydrogen-bond acceptors (Lipinski definition) is 6. The maximum absolute atomic E-state index is 13.1. The molecule has 0 atom stereocenters. The number of amides is 1. The Labute approximate surface area is 171 Å². The number of benzene rings is 1. The molecule has 2 bridgehead atoms. The molecule has 29 heavy (non-hydrogen) atoms. The highest BCUT2D eigenvalue weighted by Crippen LogP contribution is 2.30. The quantitative estimate of drug-likeness (QED) is 0.635. The van der Waals surface area contributed by atoms with E-state index in [1.165, 1.54) is 17.5 Å². The Morgan fingerprint density at radius 2 is 1.79 bits per heavy atom. The maximum atomic E-state index is 13.1. The van der Waals surface area contributed by atoms with Crippen LogP contribution in [0.1, 0.15) is 0 Å². The molecule has 160 valence electrons. The van der Waals surface area contributed by atoms with Crippen molar-refractivity contribution >= 4 is 21.6 Å². The van der Waals surface area contributed by atoms with Crippen LogP contribution in [0.3, 0.4) is 0 Å². The van der Waals surface area contributed by atoms with Crippen LogP contribution < -0.4 is 10.1 Å². The van der Waals surface area contributed by atoms with Crippen molar-refractivity contribution in [2.75, 3.05) is 84.5 Å². The van der Waals surface area contributed by atoms with Crippen molar-refractivity contribution in [3.63, 3.8) is 0 Å². The van der Waals surface area contributed by atoms with E-state index in [0.29, 0.717) is 38.5 Å². The molecular formula is C19H29N4O5S+. The number of rotatable bonds is 6. The van der Waals surface area contributed by atoms with Crippen LogP contribution in [0.5, 0.6) is 5.75 Å². The summed E-state index contributed by atoms with van der Waals surface area (Å²) in [4.78, 5) is 15.2. The number of piperazine rings is 3. The van der Waals surface area contributed by atoms with Gasteiger partial charge in [-0.2, -0.15) is 4.31 Å². The molecule has 1 aromatic carbocycles. The van der Waals surface area contributed by atoms with Gasteiger partial charge in [-0.15, -0.1) is 0 Å². The fourth-order valence-electron chi connectivity index (χ4n) is 4.36. The number of nitrogens with one attached hydrogen (secondary N) is 1. The molecule has 9 nitrogen and oxygen atoms in total. The van der Waals surface area contributed by atoms with Crippen LogP contribution in [0.4, 0.5) is 5.69 Å². The first-order chi connectivity index (χ1) is 13.9. The number of carbonyl (C=O) groups excluding carboxylic acids is 1. The Morgan fingerprint density at radius 1 is 1.14 bits per heavy atom. The lowest BCUT2D eigenvalue weighted by Gasteiger charge is -2.50. The topological polar surface area (TPSA) is 88.2 Å². The molecule has 0 aliphatic carbocycles. The molecule has 4 saturated heterocycles. The Balaban J connectivity index is 1.51. The minimum Gasteiger partial charge on any atom is -0.495 e. The Bertz CT molecular complexity index is 848. The summed E-state index contributed by atoms with van der Waals surface area (Å²) in [5.41, 5.74) is 0.469. The third-order valence-corrected chi connectivity index (χ3v) is 8.11. The lowest BCUT2D eigenvalue weighted by Crippen LogP contribution is -2.68. The Hall–Kier alpha value is -1.72. The number of carbonyl (C=O) groups is 1. The molecule has 10 heteroatoms. The van der Waals surface area contributed by atoms with Gasteiger partial charge < -0.3 is 19.3 Å². The van der Waals surface area contributed by atoms with Crippen molar-refractivity contribution in [2.45, 2.75) is 4.90 Å². The average Bonchev–Trinajstić information content (AvgIpc) is 2.75. The zero-order valence-corrected chi connectivity index (χ0v) is 17.6. The van der Waals surface area contributed by atoms with Gasteiger partial charge in [0.25, 0.3) is 5.91 Å². The molecule has 0 aromatic heterocycles. The van der Waals surface area contributed by atoms with E-state index >= 15 is 0 Å². The molecule has 1 aromatic rings. The summed E-state index contributed by atoms with van der Waals surface area (Å²) >= 11 is 0. The molecule has 0 saturated carbocycles. The summed E-state index contributed by atoms with van der Waals surface area (Å²) in [6.07, 6.45) is 0. The number of methoxy groups -OCH3 is 1. The number of hydrogen-bond donors (Lipinski definition) is 1. The van der Waals surface area contributed by atoms with Crippen LogP contribution in [-0.2, 0) is 19.6 Å². The van der Waals surface area contributed by atoms with Gasteiger partial charge >= 0.3 is 0 Å². The van der Waals surface area contributed by atoms with Gasteiger partial charge in [-0.1, -0.05) is 0 Å². The summed E-state index contributed by atoms with van der Waals surface area (Å²) in [6, 6.07) is 4.77. The van der Waals surface area contributed by atoms with Gasteiger partial charge in [0.2, 0.25) is 10.0 Å². The number of fused-ring (bicyclic) bond motifs is 3. The molecule has 0 radical (unpaired) electrons. The highest BCUT2D eigenvalue weighted by molar-refractivity contribution is 7.89. The van der Waals surface area contributed by atoms with Crippen LogP contribution >= 0.6 is 0 Å². The van der Waals surface area contributed by atoms with Crippen LogP contribution in [0.2, 0.25) is 0 Å². The number of quaternary nitrogens is 1. The van der Waals surface area contributed by atoms with Crippen molar-refractivity contribution in [1.82, 2.24) is 9.21 Å². The van der Waals surface area contributed by atoms with E-state index in [4.69, 9.17) is 9.47 Å². The van der Waals surface area contributed by atoms with E-state index in [2.05, 4.69) is 10.2 Å². The van der Waals surface area contributed by atoms with Crippen molar-refractivity contribution in [1.29, 1.82) is 0 Å². The van der Waals surface area contributed by atoms with Crippen LogP contribution in [-0.4, -0.2) is 107 Å². The van der Waals surface area contributed by atoms with Crippen molar-refractivity contribution < 1.29 is 27.2 Å². The number of morpholine rings is 1. The van der Waals surface area contributed by atoms with E-state index in [0.717, 1.165) is 43.8 Å². The Morgan fingerprint density at radius 3 is 2.41 bits per heavy atom. The van der Waals surface area contributed by atoms with E-state index in [-0.39, 0.29) is 16.6 Å². The molecule has 0 unspecified atom stereocenters. The zero-order valence-electron chi connectivity index (χ0n) is 16.8. The predicted octanol–water partition coefficient (Wildman–Crippen LogP) is -0.199. The summed E-state index contributed by atoms with van der Waals surface area (Å²) in [5, 5.41) is 2.90. The van der Waals surface area contributed by atoms with E-state index < -0.39 is 10.0 Å². The molecule has 0 spiro atoms. The minimum absolute atomic E-state index is 0.0679. The average molecular weight is 426 g/mol. The smallest absolute Gasteiger partial charge is 0.279 e. The van der Waals surface area contributed by atoms with E-state index in [1.54, 1.807) is 12.1 Å². The first-order valence-electron chi connectivity index (χ1n) is 10.1. The van der Waals surface area contributed by atoms with Crippen molar-refractivity contribution in [3.8, 4) is 5.75 Å². The van der Waals surface area contributed by atoms with Crippen LogP contribution in [0, 0.1) is 0 Å². The summed E-state index contributed by atoms with van der Waals surface area (Å²) in [6.45, 7) is 7.87. The van der Waals surface area contributed by atoms with E-state index in [1.807, 2.05) is 0 Å². The molecule has 5 rings (SSSR count). The second-order valence-electron chi connectivity index (χ2n) is 7.94. The summed E-state index contributed by atoms with van der Waals surface area (Å²) < 4.78 is 38.9. The van der Waals surface area contributed by atoms with Gasteiger partial charge in [-0.25, -0.2) is 8.42 Å². The van der Waals surface area contributed by atoms with Gasteiger partial charge in [-0.05, 0) is 18.2 Å². The molecule has 4 aliphatic heterocycles. The van der Waals surface area contributed by atoms with Crippen LogP contribution in [0.25, 0.3) is 0 Å². The first-order valence-corrected chi connectivity index (χ1v) is 11.5. The zero-order chi connectivity index (χ0) is 20.5. The van der Waals surface area contributed by atoms with E-state index in [9.17, 15) is 13.2 Å². The number of nitrogens with zero attached hydrogens (tertiary/aromatic N) is 3. The second kappa shape index (κ2) is 8.19. The lowest BCUT2D eigenvalue weighted by molar-refractivity contribution is -0.933. The van der Waals surface area contributed by atoms with Gasteiger partial charge in [0.1, 0.15) is 10.6 Å². The summed E-state index contributed by atoms with van der Waals surface area (Å²) in [7, 11) is -2.29. The maximum Gasteiger partial charge on any atom is 0.279 e. The number of sulfonamides is 1. The summed E-state index contributed by atoms with van der Waals surface area (Å²) in [5.74, 6) is 0.184. The van der Waals surface area contributed by atoms with Gasteiger partial charge in [0, 0.05) is 38.4 Å². The molecule has 1 N–H and O–H groups in total. The molecule has 1 amide bonds. The highest BCUT2D eigenvalue weighted by Gasteiger charge is 2.40. The van der Waals surface area contributed by atoms with Gasteiger partial charge in [-0.3, -0.25) is 9.69 Å². The standard InChI is InChI=1S/C19H28N4O5S/c1-27-17-3-2-16(14-18(17)29(25,26)22-7-12-28-13-8-22)20-19(24)15-23-9-4-21(5-10-23)6-11-23/h2-3,14H,4-13,15H2,1H3/p+1. The first kappa shape index (κ1) is 20.5. The number of ether oxygens (including phenoxy) is 2. The third kappa shape index (κ3) is 4.26. The SMILES string of the molecule is COc1ccc(NC(=O)C[N+]23CCN(CC2)CC3)cc1S(=O)(=O)N1CCOCC1. The van der Waals surface area contributed by atoms with Crippen molar-refractivity contribution in [2.24, 2.45) is 0 Å². The fourth-order valence-corrected chi connectivity index (χ4v) is 5.95. The monoisotopic (exact) mass is 425 g/mol. The van der Waals surface area contributed by atoms with Crippen LogP contribution in [0.15, 0.2) is 23.1 Å². The number of anilines is 1. The largest absolute Gasteiger partial charge is 0.495 e. The highest BCUT2D eigenvalue weighted by atomic mass is 32.2. The minimum atomic E-state index is -3.73. The van der Waals surface area contributed by atoms with Gasteiger partial charge in [0.15, 0.2) is 6.54 Å². The normalized spacial score (nSPS) is 27.6. The fraction of sp³-hybridized carbons (Fsp3) is 0.632.